The van der Waals surface area contributed by atoms with E-state index in [1.807, 2.05) is 12.2 Å². The van der Waals surface area contributed by atoms with E-state index < -0.39 is 18.0 Å². The molecule has 0 fully saturated rings. The fraction of sp³-hybridized carbons (Fsp3) is 0.523. The predicted molar refractivity (Wildman–Crippen MR) is 306 cm³/mol. The van der Waals surface area contributed by atoms with Gasteiger partial charge in [-0.3, -0.25) is 14.4 Å². The Labute approximate surface area is 434 Å². The highest BCUT2D eigenvalue weighted by molar-refractivity contribution is 5.71. The minimum Gasteiger partial charge on any atom is -0.462 e. The molecule has 0 spiro atoms. The number of unbranched alkanes of at least 4 members (excludes halogenated alkanes) is 8. The molecule has 0 aromatic heterocycles. The lowest BCUT2D eigenvalue weighted by molar-refractivity contribution is -0.166. The number of allylic oxidation sites excluding steroid dienone is 28. The van der Waals surface area contributed by atoms with Crippen LogP contribution in [0.5, 0.6) is 0 Å². The van der Waals surface area contributed by atoms with Crippen molar-refractivity contribution in [1.29, 1.82) is 0 Å². The van der Waals surface area contributed by atoms with Crippen LogP contribution in [0.15, 0.2) is 170 Å². The normalized spacial score (nSPS) is 13.5. The topological polar surface area (TPSA) is 78.9 Å². The summed E-state index contributed by atoms with van der Waals surface area (Å²) in [4.78, 5) is 38.1. The fourth-order valence-corrected chi connectivity index (χ4v) is 6.57. The summed E-state index contributed by atoms with van der Waals surface area (Å²) in [5, 5.41) is 0. The average molecular weight is 975 g/mol. The molecule has 0 aliphatic rings. The van der Waals surface area contributed by atoms with Crippen molar-refractivity contribution in [3.8, 4) is 0 Å². The predicted octanol–water partition coefficient (Wildman–Crippen LogP) is 18.8. The van der Waals surface area contributed by atoms with Gasteiger partial charge in [-0.2, -0.15) is 0 Å². The van der Waals surface area contributed by atoms with Gasteiger partial charge < -0.3 is 14.2 Å². The molecule has 394 valence electrons. The highest BCUT2D eigenvalue weighted by Crippen LogP contribution is 2.09. The van der Waals surface area contributed by atoms with Crippen molar-refractivity contribution < 1.29 is 28.6 Å². The second-order valence-corrected chi connectivity index (χ2v) is 17.4. The molecular weight excluding hydrogens is 877 g/mol. The largest absolute Gasteiger partial charge is 0.462 e. The molecule has 0 aliphatic heterocycles. The molecular formula is C65H98O6. The number of carbonyl (C=O) groups excluding carboxylic acids is 3. The van der Waals surface area contributed by atoms with Gasteiger partial charge in [-0.05, 0) is 135 Å². The number of esters is 3. The van der Waals surface area contributed by atoms with Gasteiger partial charge in [0.15, 0.2) is 6.10 Å². The third kappa shape index (κ3) is 55.6. The van der Waals surface area contributed by atoms with Crippen LogP contribution in [0.25, 0.3) is 0 Å². The van der Waals surface area contributed by atoms with Crippen LogP contribution in [0.1, 0.15) is 201 Å². The van der Waals surface area contributed by atoms with Gasteiger partial charge in [-0.25, -0.2) is 0 Å². The van der Waals surface area contributed by atoms with Crippen molar-refractivity contribution in [3.63, 3.8) is 0 Å². The first-order valence-corrected chi connectivity index (χ1v) is 27.6. The summed E-state index contributed by atoms with van der Waals surface area (Å²) in [7, 11) is 0. The zero-order valence-electron chi connectivity index (χ0n) is 44.9. The Kier molecular flexibility index (Phi) is 53.1. The molecule has 0 aliphatic carbocycles. The molecule has 0 radical (unpaired) electrons. The van der Waals surface area contributed by atoms with E-state index in [9.17, 15) is 14.4 Å². The van der Waals surface area contributed by atoms with Crippen molar-refractivity contribution in [2.75, 3.05) is 13.2 Å². The summed E-state index contributed by atoms with van der Waals surface area (Å²) in [5.41, 5.74) is 0. The zero-order chi connectivity index (χ0) is 51.4. The molecule has 0 aromatic carbocycles. The summed E-state index contributed by atoms with van der Waals surface area (Å²) in [5.74, 6) is -1.17. The molecule has 0 saturated heterocycles. The third-order valence-electron chi connectivity index (χ3n) is 10.7. The Bertz CT molecular complexity index is 1690. The van der Waals surface area contributed by atoms with E-state index in [4.69, 9.17) is 14.2 Å². The van der Waals surface area contributed by atoms with E-state index in [2.05, 4.69) is 179 Å². The maximum Gasteiger partial charge on any atom is 0.306 e. The van der Waals surface area contributed by atoms with Crippen molar-refractivity contribution >= 4 is 17.9 Å². The Morgan fingerprint density at radius 3 is 0.887 bits per heavy atom. The lowest BCUT2D eigenvalue weighted by atomic mass is 10.2. The summed E-state index contributed by atoms with van der Waals surface area (Å²) >= 11 is 0. The van der Waals surface area contributed by atoms with Crippen LogP contribution >= 0.6 is 0 Å². The zero-order valence-corrected chi connectivity index (χ0v) is 44.9. The molecule has 0 saturated carbocycles. The standard InChI is InChI=1S/C65H98O6/c1-4-7-10-13-16-19-22-25-28-31-32-35-37-40-43-46-49-52-55-58-64(67)70-61-62(71-65(68)59-56-53-50-47-44-41-38-34-30-27-24-21-18-15-12-9-6-3)60-69-63(66)57-54-51-48-45-42-39-36-33-29-26-23-20-17-14-11-8-5-2/h7,10,16-21,25-30,32,35-36,38-41,43,45,47-50,52,62H,4-6,8-9,11-15,22-24,31,33-34,37,42,44,46,51,53-61H2,1-3H3/b10-7-,19-16-,20-17-,21-18-,28-25-,29-26-,30-27-,35-32-,39-36-,41-38-,43-40-,48-45-,50-47-,52-49-. The average Bonchev–Trinajstić information content (AvgIpc) is 3.37. The monoisotopic (exact) mass is 975 g/mol. The summed E-state index contributed by atoms with van der Waals surface area (Å²) in [6.07, 6.45) is 85.0. The number of ether oxygens (including phenoxy) is 3. The van der Waals surface area contributed by atoms with Crippen molar-refractivity contribution in [3.05, 3.63) is 170 Å². The minimum atomic E-state index is -0.869. The molecule has 0 aromatic rings. The van der Waals surface area contributed by atoms with Crippen molar-refractivity contribution in [2.45, 2.75) is 207 Å². The lowest BCUT2D eigenvalue weighted by Gasteiger charge is -2.18. The SMILES string of the molecule is CC/C=C\C/C=C\C/C=C\C/C=C\C/C=C\C/C=C\CCC(=O)OCC(COC(=O)CCC/C=C\C/C=C\C/C=C\C/C=C\CCCCC)OC(=O)CCC/C=C\C/C=C\C/C=C\C/C=C\CCCCC. The lowest BCUT2D eigenvalue weighted by Crippen LogP contribution is -2.30. The maximum absolute atomic E-state index is 12.8. The van der Waals surface area contributed by atoms with Gasteiger partial charge in [0.05, 0.1) is 0 Å². The van der Waals surface area contributed by atoms with Crippen LogP contribution < -0.4 is 0 Å². The molecule has 0 rings (SSSR count). The van der Waals surface area contributed by atoms with Crippen LogP contribution in [0.4, 0.5) is 0 Å². The van der Waals surface area contributed by atoms with Crippen LogP contribution in [-0.2, 0) is 28.6 Å². The van der Waals surface area contributed by atoms with E-state index in [0.29, 0.717) is 19.3 Å². The van der Waals surface area contributed by atoms with E-state index >= 15 is 0 Å². The number of hydrogen-bond donors (Lipinski definition) is 0. The smallest absolute Gasteiger partial charge is 0.306 e. The molecule has 0 amide bonds. The van der Waals surface area contributed by atoms with Gasteiger partial charge in [0.25, 0.3) is 0 Å². The van der Waals surface area contributed by atoms with Gasteiger partial charge in [-0.1, -0.05) is 217 Å². The van der Waals surface area contributed by atoms with Crippen LogP contribution in [-0.4, -0.2) is 37.2 Å². The second kappa shape index (κ2) is 57.3. The van der Waals surface area contributed by atoms with Gasteiger partial charge in [-0.15, -0.1) is 0 Å². The maximum atomic E-state index is 12.8. The van der Waals surface area contributed by atoms with E-state index in [-0.39, 0.29) is 38.4 Å². The third-order valence-corrected chi connectivity index (χ3v) is 10.7. The molecule has 1 atom stereocenters. The van der Waals surface area contributed by atoms with E-state index in [1.54, 1.807) is 0 Å². The fourth-order valence-electron chi connectivity index (χ4n) is 6.57. The van der Waals surface area contributed by atoms with Crippen LogP contribution in [0.2, 0.25) is 0 Å². The summed E-state index contributed by atoms with van der Waals surface area (Å²) < 4.78 is 16.7. The molecule has 1 unspecified atom stereocenters. The summed E-state index contributed by atoms with van der Waals surface area (Å²) in [6.45, 7) is 6.28. The first-order chi connectivity index (χ1) is 35.0. The van der Waals surface area contributed by atoms with Crippen LogP contribution in [0, 0.1) is 0 Å². The Morgan fingerprint density at radius 2 is 0.563 bits per heavy atom. The Hall–Kier alpha value is -5.23. The van der Waals surface area contributed by atoms with Gasteiger partial charge in [0.1, 0.15) is 13.2 Å². The van der Waals surface area contributed by atoms with E-state index in [0.717, 1.165) is 89.9 Å². The van der Waals surface area contributed by atoms with Crippen molar-refractivity contribution in [2.24, 2.45) is 0 Å². The van der Waals surface area contributed by atoms with Crippen molar-refractivity contribution in [1.82, 2.24) is 0 Å². The van der Waals surface area contributed by atoms with Gasteiger partial charge >= 0.3 is 17.9 Å². The summed E-state index contributed by atoms with van der Waals surface area (Å²) in [6, 6.07) is 0. The first-order valence-electron chi connectivity index (χ1n) is 27.6. The Morgan fingerprint density at radius 1 is 0.296 bits per heavy atom. The minimum absolute atomic E-state index is 0.160. The highest BCUT2D eigenvalue weighted by Gasteiger charge is 2.19. The highest BCUT2D eigenvalue weighted by atomic mass is 16.6. The van der Waals surface area contributed by atoms with Crippen LogP contribution in [0.3, 0.4) is 0 Å². The van der Waals surface area contributed by atoms with Gasteiger partial charge in [0.2, 0.25) is 0 Å². The molecule has 0 bridgehead atoms. The Balaban J connectivity index is 4.71. The number of rotatable bonds is 47. The first kappa shape index (κ1) is 65.8. The number of carbonyl (C=O) groups is 3. The molecule has 71 heavy (non-hydrogen) atoms. The number of hydrogen-bond acceptors (Lipinski definition) is 6. The quantitative estimate of drug-likeness (QED) is 0.0262. The molecule has 0 N–H and O–H groups in total. The molecule has 6 nitrogen and oxygen atoms in total. The second-order valence-electron chi connectivity index (χ2n) is 17.4. The molecule has 0 heterocycles. The van der Waals surface area contributed by atoms with Gasteiger partial charge in [0, 0.05) is 19.3 Å². The van der Waals surface area contributed by atoms with E-state index in [1.165, 1.54) is 51.4 Å². The molecule has 6 heteroatoms.